The predicted molar refractivity (Wildman–Crippen MR) is 140 cm³/mol. The smallest absolute Gasteiger partial charge is 0.311 e. The van der Waals surface area contributed by atoms with Crippen LogP contribution in [0, 0.1) is 0 Å². The summed E-state index contributed by atoms with van der Waals surface area (Å²) in [6.45, 7) is 2.40. The molecule has 0 fully saturated rings. The molecule has 0 unspecified atom stereocenters. The molecule has 9 heteroatoms. The number of carbonyl (C=O) groups is 2. The van der Waals surface area contributed by atoms with E-state index in [1.54, 1.807) is 59.2 Å². The molecule has 0 saturated carbocycles. The van der Waals surface area contributed by atoms with Crippen LogP contribution in [0.25, 0.3) is 17.0 Å². The molecule has 0 atom stereocenters. The summed E-state index contributed by atoms with van der Waals surface area (Å²) in [4.78, 5) is 26.1. The lowest BCUT2D eigenvalue weighted by Crippen LogP contribution is -2.26. The van der Waals surface area contributed by atoms with Gasteiger partial charge in [-0.2, -0.15) is 0 Å². The number of ether oxygens (including phenoxy) is 2. The highest BCUT2D eigenvalue weighted by Gasteiger charge is 2.18. The fourth-order valence-electron chi connectivity index (χ4n) is 3.88. The van der Waals surface area contributed by atoms with Crippen molar-refractivity contribution in [2.24, 2.45) is 10.2 Å². The van der Waals surface area contributed by atoms with E-state index in [0.29, 0.717) is 34.6 Å². The lowest BCUT2D eigenvalue weighted by Gasteiger charge is -2.10. The summed E-state index contributed by atoms with van der Waals surface area (Å²) in [6.07, 6.45) is 1.47. The monoisotopic (exact) mass is 498 g/mol. The van der Waals surface area contributed by atoms with Crippen LogP contribution in [0.3, 0.4) is 0 Å². The lowest BCUT2D eigenvalue weighted by molar-refractivity contribution is -0.115. The van der Waals surface area contributed by atoms with Gasteiger partial charge in [-0.25, -0.2) is 0 Å². The van der Waals surface area contributed by atoms with Gasteiger partial charge in [0.1, 0.15) is 5.70 Å². The van der Waals surface area contributed by atoms with Crippen LogP contribution in [0.1, 0.15) is 22.8 Å². The van der Waals surface area contributed by atoms with Crippen molar-refractivity contribution in [1.29, 1.82) is 0 Å². The summed E-state index contributed by atoms with van der Waals surface area (Å²) in [5.41, 5.74) is 1.76. The van der Waals surface area contributed by atoms with E-state index in [1.165, 1.54) is 20.3 Å². The molecule has 2 amide bonds. The molecular formula is C28H26N4O5. The van der Waals surface area contributed by atoms with E-state index < -0.39 is 11.8 Å². The number of methoxy groups -OCH3 is 2. The zero-order valence-electron chi connectivity index (χ0n) is 20.6. The molecule has 0 aliphatic heterocycles. The summed E-state index contributed by atoms with van der Waals surface area (Å²) in [7, 11) is 3.02. The van der Waals surface area contributed by atoms with Gasteiger partial charge in [0, 0.05) is 17.5 Å². The quantitative estimate of drug-likeness (QED) is 0.247. The predicted octanol–water partition coefficient (Wildman–Crippen LogP) is 5.47. The minimum absolute atomic E-state index is 0.0982. The third-order valence-corrected chi connectivity index (χ3v) is 5.71. The Morgan fingerprint density at radius 2 is 1.68 bits per heavy atom. The van der Waals surface area contributed by atoms with Gasteiger partial charge in [0.05, 0.1) is 19.7 Å². The number of aromatic nitrogens is 1. The van der Waals surface area contributed by atoms with E-state index in [4.69, 9.17) is 9.47 Å². The number of para-hydroxylation sites is 1. The van der Waals surface area contributed by atoms with Crippen LogP contribution in [0.4, 0.5) is 5.69 Å². The largest absolute Gasteiger partial charge is 0.493 e. The maximum Gasteiger partial charge on any atom is 0.311 e. The summed E-state index contributed by atoms with van der Waals surface area (Å²) in [5, 5.41) is 21.9. The van der Waals surface area contributed by atoms with Gasteiger partial charge in [0.25, 0.3) is 5.91 Å². The SMILES string of the molecule is CCn1c(O)c(N=NC(=O)/C(=C\c2ccc(OC)c(OC)c2)NC(=O)c2ccccc2)c2ccccc21. The van der Waals surface area contributed by atoms with Crippen molar-refractivity contribution < 1.29 is 24.2 Å². The number of nitrogens with one attached hydrogen (secondary N) is 1. The Morgan fingerprint density at radius 3 is 2.38 bits per heavy atom. The number of rotatable bonds is 8. The first-order valence-electron chi connectivity index (χ1n) is 11.5. The first-order chi connectivity index (χ1) is 18.0. The van der Waals surface area contributed by atoms with Gasteiger partial charge in [0.2, 0.25) is 5.88 Å². The molecule has 0 radical (unpaired) electrons. The minimum atomic E-state index is -0.799. The molecule has 37 heavy (non-hydrogen) atoms. The molecule has 0 aliphatic rings. The lowest BCUT2D eigenvalue weighted by atomic mass is 10.1. The molecule has 2 N–H and O–H groups in total. The molecule has 0 spiro atoms. The van der Waals surface area contributed by atoms with Gasteiger partial charge >= 0.3 is 5.91 Å². The van der Waals surface area contributed by atoms with E-state index in [1.807, 2.05) is 25.1 Å². The standard InChI is InChI=1S/C28H26N4O5/c1-4-32-22-13-9-8-12-20(22)25(28(32)35)30-31-27(34)21(29-26(33)19-10-6-5-7-11-19)16-18-14-15-23(36-2)24(17-18)37-3/h5-17,35H,4H2,1-3H3,(H,29,33)/b21-16+,31-30?. The maximum absolute atomic E-state index is 13.2. The second kappa shape index (κ2) is 11.2. The molecule has 4 rings (SSSR count). The van der Waals surface area contributed by atoms with Gasteiger partial charge in [-0.15, -0.1) is 10.2 Å². The number of nitrogens with zero attached hydrogens (tertiary/aromatic N) is 3. The number of carbonyl (C=O) groups excluding carboxylic acids is 2. The first-order valence-corrected chi connectivity index (χ1v) is 11.5. The number of hydrogen-bond acceptors (Lipinski definition) is 6. The molecule has 0 bridgehead atoms. The Labute approximate surface area is 213 Å². The van der Waals surface area contributed by atoms with E-state index in [0.717, 1.165) is 5.52 Å². The van der Waals surface area contributed by atoms with Gasteiger partial charge in [-0.3, -0.25) is 9.59 Å². The molecule has 0 aliphatic carbocycles. The summed E-state index contributed by atoms with van der Waals surface area (Å²) < 4.78 is 12.3. The Kier molecular flexibility index (Phi) is 7.63. The average molecular weight is 499 g/mol. The number of fused-ring (bicyclic) bond motifs is 1. The highest BCUT2D eigenvalue weighted by atomic mass is 16.5. The highest BCUT2D eigenvalue weighted by molar-refractivity contribution is 6.05. The number of benzene rings is 3. The van der Waals surface area contributed by atoms with Crippen LogP contribution in [0.2, 0.25) is 0 Å². The highest BCUT2D eigenvalue weighted by Crippen LogP contribution is 2.38. The molecular weight excluding hydrogens is 472 g/mol. The van der Waals surface area contributed by atoms with Crippen LogP contribution in [0.15, 0.2) is 88.7 Å². The van der Waals surface area contributed by atoms with E-state index >= 15 is 0 Å². The Hall–Kier alpha value is -4.92. The first kappa shape index (κ1) is 25.2. The van der Waals surface area contributed by atoms with Gasteiger partial charge in [0.15, 0.2) is 17.2 Å². The molecule has 188 valence electrons. The number of azo groups is 1. The van der Waals surface area contributed by atoms with Crippen molar-refractivity contribution in [1.82, 2.24) is 9.88 Å². The van der Waals surface area contributed by atoms with Crippen molar-refractivity contribution in [3.63, 3.8) is 0 Å². The van der Waals surface area contributed by atoms with Crippen molar-refractivity contribution in [3.05, 3.63) is 89.6 Å². The second-order valence-electron chi connectivity index (χ2n) is 7.93. The summed E-state index contributed by atoms with van der Waals surface area (Å²) >= 11 is 0. The minimum Gasteiger partial charge on any atom is -0.493 e. The van der Waals surface area contributed by atoms with Crippen LogP contribution >= 0.6 is 0 Å². The topological polar surface area (TPSA) is 115 Å². The van der Waals surface area contributed by atoms with E-state index in [9.17, 15) is 14.7 Å². The number of aryl methyl sites for hydroxylation is 1. The molecule has 1 aromatic heterocycles. The molecule has 0 saturated heterocycles. The molecule has 1 heterocycles. The third kappa shape index (κ3) is 5.35. The zero-order valence-corrected chi connectivity index (χ0v) is 20.6. The van der Waals surface area contributed by atoms with Crippen LogP contribution < -0.4 is 14.8 Å². The van der Waals surface area contributed by atoms with Gasteiger partial charge in [-0.1, -0.05) is 42.5 Å². The van der Waals surface area contributed by atoms with Crippen molar-refractivity contribution in [2.45, 2.75) is 13.5 Å². The molecule has 4 aromatic rings. The van der Waals surface area contributed by atoms with Crippen molar-refractivity contribution >= 4 is 34.5 Å². The molecule has 9 nitrogen and oxygen atoms in total. The summed E-state index contributed by atoms with van der Waals surface area (Å²) in [6, 6.07) is 20.9. The van der Waals surface area contributed by atoms with E-state index in [2.05, 4.69) is 15.5 Å². The van der Waals surface area contributed by atoms with Gasteiger partial charge in [-0.05, 0) is 48.9 Å². The van der Waals surface area contributed by atoms with Crippen molar-refractivity contribution in [3.8, 4) is 17.4 Å². The van der Waals surface area contributed by atoms with Crippen LogP contribution in [-0.4, -0.2) is 35.7 Å². The van der Waals surface area contributed by atoms with E-state index in [-0.39, 0.29) is 17.3 Å². The number of amides is 2. The van der Waals surface area contributed by atoms with Crippen LogP contribution in [0.5, 0.6) is 17.4 Å². The third-order valence-electron chi connectivity index (χ3n) is 5.71. The normalized spacial score (nSPS) is 11.6. The Bertz CT molecular complexity index is 1510. The second-order valence-corrected chi connectivity index (χ2v) is 7.93. The molecule has 3 aromatic carbocycles. The fourth-order valence-corrected chi connectivity index (χ4v) is 3.88. The van der Waals surface area contributed by atoms with Crippen molar-refractivity contribution in [2.75, 3.05) is 14.2 Å². The van der Waals surface area contributed by atoms with Gasteiger partial charge < -0.3 is 24.5 Å². The summed E-state index contributed by atoms with van der Waals surface area (Å²) in [5.74, 6) is -0.410. The average Bonchev–Trinajstić information content (AvgIpc) is 3.21. The Balaban J connectivity index is 1.72. The number of aromatic hydroxyl groups is 1. The maximum atomic E-state index is 13.2. The Morgan fingerprint density at radius 1 is 0.973 bits per heavy atom. The fraction of sp³-hybridized carbons (Fsp3) is 0.143. The number of hydrogen-bond donors (Lipinski definition) is 2. The zero-order chi connectivity index (χ0) is 26.4. The van der Waals surface area contributed by atoms with Crippen LogP contribution in [-0.2, 0) is 11.3 Å².